The predicted molar refractivity (Wildman–Crippen MR) is 95.3 cm³/mol. The van der Waals surface area contributed by atoms with Crippen molar-refractivity contribution in [3.63, 3.8) is 0 Å². The number of pyridine rings is 1. The van der Waals surface area contributed by atoms with Crippen molar-refractivity contribution in [2.24, 2.45) is 0 Å². The molecule has 1 saturated carbocycles. The Labute approximate surface area is 150 Å². The van der Waals surface area contributed by atoms with E-state index < -0.39 is 11.9 Å². The van der Waals surface area contributed by atoms with Crippen LogP contribution in [0, 0.1) is 0 Å². The number of amides is 2. The zero-order valence-corrected chi connectivity index (χ0v) is 14.1. The van der Waals surface area contributed by atoms with Crippen LogP contribution in [0.1, 0.15) is 56.9 Å². The van der Waals surface area contributed by atoms with Crippen LogP contribution in [0.3, 0.4) is 0 Å². The number of hydrogen-bond acceptors (Lipinski definition) is 4. The number of benzene rings is 1. The van der Waals surface area contributed by atoms with E-state index in [2.05, 4.69) is 15.6 Å². The van der Waals surface area contributed by atoms with Crippen LogP contribution in [0.5, 0.6) is 0 Å². The van der Waals surface area contributed by atoms with Crippen LogP contribution >= 0.6 is 0 Å². The minimum absolute atomic E-state index is 0.108. The molecule has 26 heavy (non-hydrogen) atoms. The highest BCUT2D eigenvalue weighted by atomic mass is 16.4. The molecule has 0 saturated heterocycles. The number of hydrogen-bond donors (Lipinski definition) is 3. The Balaban J connectivity index is 1.60. The largest absolute Gasteiger partial charge is 0.477 e. The maximum absolute atomic E-state index is 12.2. The molecule has 7 nitrogen and oxygen atoms in total. The maximum Gasteiger partial charge on any atom is 0.354 e. The molecule has 2 amide bonds. The summed E-state index contributed by atoms with van der Waals surface area (Å²) >= 11 is 0. The van der Waals surface area contributed by atoms with Crippen molar-refractivity contribution in [3.8, 4) is 0 Å². The molecule has 0 aliphatic heterocycles. The number of rotatable bonds is 5. The first-order chi connectivity index (χ1) is 12.5. The van der Waals surface area contributed by atoms with E-state index in [-0.39, 0.29) is 23.2 Å². The summed E-state index contributed by atoms with van der Waals surface area (Å²) in [4.78, 5) is 38.8. The highest BCUT2D eigenvalue weighted by Gasteiger charge is 2.18. The third-order valence-electron chi connectivity index (χ3n) is 4.34. The first-order valence-electron chi connectivity index (χ1n) is 8.44. The van der Waals surface area contributed by atoms with Crippen LogP contribution in [0.25, 0.3) is 0 Å². The summed E-state index contributed by atoms with van der Waals surface area (Å²) in [6, 6.07) is 9.55. The minimum atomic E-state index is -1.15. The van der Waals surface area contributed by atoms with E-state index in [9.17, 15) is 14.4 Å². The van der Waals surface area contributed by atoms with Gasteiger partial charge in [0, 0.05) is 23.5 Å². The van der Waals surface area contributed by atoms with Crippen molar-refractivity contribution in [3.05, 3.63) is 59.4 Å². The number of aromatic nitrogens is 1. The van der Waals surface area contributed by atoms with Crippen LogP contribution in [0.4, 0.5) is 5.69 Å². The molecule has 0 radical (unpaired) electrons. The van der Waals surface area contributed by atoms with E-state index in [1.165, 1.54) is 18.3 Å². The molecule has 2 aromatic rings. The summed E-state index contributed by atoms with van der Waals surface area (Å²) in [5.74, 6) is -1.66. The van der Waals surface area contributed by atoms with Crippen LogP contribution in [-0.4, -0.2) is 33.9 Å². The van der Waals surface area contributed by atoms with Gasteiger partial charge in [0.25, 0.3) is 11.8 Å². The predicted octanol–water partition coefficient (Wildman–Crippen LogP) is 2.70. The van der Waals surface area contributed by atoms with E-state index in [4.69, 9.17) is 5.11 Å². The number of carboxylic acid groups (broad SMARTS) is 1. The number of aromatic carboxylic acids is 1. The van der Waals surface area contributed by atoms with Gasteiger partial charge in [-0.25, -0.2) is 9.78 Å². The monoisotopic (exact) mass is 353 g/mol. The highest BCUT2D eigenvalue weighted by molar-refractivity contribution is 6.04. The Kier molecular flexibility index (Phi) is 5.26. The molecule has 134 valence electrons. The van der Waals surface area contributed by atoms with Gasteiger partial charge in [-0.1, -0.05) is 12.8 Å². The van der Waals surface area contributed by atoms with E-state index in [1.54, 1.807) is 24.3 Å². The molecule has 1 aromatic heterocycles. The Bertz CT molecular complexity index is 810. The fourth-order valence-corrected chi connectivity index (χ4v) is 2.90. The lowest BCUT2D eigenvalue weighted by Crippen LogP contribution is -2.32. The second kappa shape index (κ2) is 7.77. The lowest BCUT2D eigenvalue weighted by Gasteiger charge is -2.12. The van der Waals surface area contributed by atoms with Gasteiger partial charge in [-0.3, -0.25) is 9.59 Å². The SMILES string of the molecule is O=C(Nc1ccc(C(=O)NC2CCCC2)cc1)c1ccc(C(=O)O)nc1. The van der Waals surface area contributed by atoms with Crippen LogP contribution < -0.4 is 10.6 Å². The summed E-state index contributed by atoms with van der Waals surface area (Å²) in [6.45, 7) is 0. The molecule has 1 fully saturated rings. The topological polar surface area (TPSA) is 108 Å². The first-order valence-corrected chi connectivity index (χ1v) is 8.44. The number of nitrogens with one attached hydrogen (secondary N) is 2. The highest BCUT2D eigenvalue weighted by Crippen LogP contribution is 2.18. The maximum atomic E-state index is 12.2. The zero-order chi connectivity index (χ0) is 18.5. The second-order valence-electron chi connectivity index (χ2n) is 6.22. The number of carbonyl (C=O) groups excluding carboxylic acids is 2. The molecule has 1 heterocycles. The molecule has 1 aliphatic carbocycles. The van der Waals surface area contributed by atoms with Gasteiger partial charge in [0.05, 0.1) is 5.56 Å². The van der Waals surface area contributed by atoms with Crippen molar-refractivity contribution in [2.75, 3.05) is 5.32 Å². The number of carbonyl (C=O) groups is 3. The van der Waals surface area contributed by atoms with E-state index in [0.717, 1.165) is 25.7 Å². The van der Waals surface area contributed by atoms with Crippen molar-refractivity contribution >= 4 is 23.5 Å². The zero-order valence-electron chi connectivity index (χ0n) is 14.1. The Morgan fingerprint density at radius 3 is 2.15 bits per heavy atom. The Morgan fingerprint density at radius 1 is 0.923 bits per heavy atom. The number of nitrogens with zero attached hydrogens (tertiary/aromatic N) is 1. The summed E-state index contributed by atoms with van der Waals surface area (Å²) in [5.41, 5.74) is 1.20. The molecule has 0 spiro atoms. The van der Waals surface area contributed by atoms with Gasteiger partial charge in [0.2, 0.25) is 0 Å². The fourth-order valence-electron chi connectivity index (χ4n) is 2.90. The second-order valence-corrected chi connectivity index (χ2v) is 6.22. The van der Waals surface area contributed by atoms with E-state index in [0.29, 0.717) is 11.3 Å². The fraction of sp³-hybridized carbons (Fsp3) is 0.263. The van der Waals surface area contributed by atoms with Crippen molar-refractivity contribution < 1.29 is 19.5 Å². The van der Waals surface area contributed by atoms with Gasteiger partial charge >= 0.3 is 5.97 Å². The molecule has 0 atom stereocenters. The van der Waals surface area contributed by atoms with E-state index in [1.807, 2.05) is 0 Å². The quantitative estimate of drug-likeness (QED) is 0.766. The van der Waals surface area contributed by atoms with Crippen LogP contribution in [0.15, 0.2) is 42.6 Å². The Morgan fingerprint density at radius 2 is 1.58 bits per heavy atom. The Hall–Kier alpha value is -3.22. The van der Waals surface area contributed by atoms with Crippen molar-refractivity contribution in [2.45, 2.75) is 31.7 Å². The molecular formula is C19H19N3O4. The van der Waals surface area contributed by atoms with Crippen molar-refractivity contribution in [1.82, 2.24) is 10.3 Å². The molecule has 3 rings (SSSR count). The third-order valence-corrected chi connectivity index (χ3v) is 4.34. The molecule has 1 aromatic carbocycles. The third kappa shape index (κ3) is 4.24. The van der Waals surface area contributed by atoms with Crippen LogP contribution in [-0.2, 0) is 0 Å². The smallest absolute Gasteiger partial charge is 0.354 e. The van der Waals surface area contributed by atoms with E-state index >= 15 is 0 Å². The van der Waals surface area contributed by atoms with Gasteiger partial charge in [0.1, 0.15) is 5.69 Å². The number of anilines is 1. The molecular weight excluding hydrogens is 334 g/mol. The average Bonchev–Trinajstić information content (AvgIpc) is 3.15. The van der Waals surface area contributed by atoms with Gasteiger partial charge in [-0.15, -0.1) is 0 Å². The molecule has 7 heteroatoms. The van der Waals surface area contributed by atoms with Crippen LogP contribution in [0.2, 0.25) is 0 Å². The lowest BCUT2D eigenvalue weighted by molar-refractivity contribution is 0.0689. The molecule has 3 N–H and O–H groups in total. The van der Waals surface area contributed by atoms with Gasteiger partial charge in [0.15, 0.2) is 0 Å². The minimum Gasteiger partial charge on any atom is -0.477 e. The standard InChI is InChI=1S/C19H19N3O4/c23-17(21-14-3-1-2-4-14)12-5-8-15(9-6-12)22-18(24)13-7-10-16(19(25)26)20-11-13/h5-11,14H,1-4H2,(H,21,23)(H,22,24)(H,25,26). The van der Waals surface area contributed by atoms with Crippen molar-refractivity contribution in [1.29, 1.82) is 0 Å². The summed E-state index contributed by atoms with van der Waals surface area (Å²) in [5, 5.41) is 14.5. The molecule has 0 unspecified atom stereocenters. The average molecular weight is 353 g/mol. The number of carboxylic acids is 1. The van der Waals surface area contributed by atoms with Gasteiger partial charge in [-0.05, 0) is 49.2 Å². The summed E-state index contributed by atoms with van der Waals surface area (Å²) in [6.07, 6.45) is 5.56. The van der Waals surface area contributed by atoms with Gasteiger partial charge in [-0.2, -0.15) is 0 Å². The summed E-state index contributed by atoms with van der Waals surface area (Å²) < 4.78 is 0. The first kappa shape index (κ1) is 17.6. The lowest BCUT2D eigenvalue weighted by atomic mass is 10.1. The molecule has 0 bridgehead atoms. The molecule has 1 aliphatic rings. The van der Waals surface area contributed by atoms with Gasteiger partial charge < -0.3 is 15.7 Å². The summed E-state index contributed by atoms with van der Waals surface area (Å²) in [7, 11) is 0. The normalized spacial score (nSPS) is 14.0.